The van der Waals surface area contributed by atoms with Gasteiger partial charge in [-0.3, -0.25) is 9.36 Å². The van der Waals surface area contributed by atoms with E-state index in [1.807, 2.05) is 30.3 Å². The van der Waals surface area contributed by atoms with Crippen LogP contribution in [0.1, 0.15) is 42.1 Å². The van der Waals surface area contributed by atoms with Gasteiger partial charge in [-0.25, -0.2) is 9.79 Å². The van der Waals surface area contributed by atoms with E-state index >= 15 is 0 Å². The van der Waals surface area contributed by atoms with E-state index in [-0.39, 0.29) is 24.3 Å². The minimum Gasteiger partial charge on any atom is -0.493 e. The SMILES string of the molecule is CCOC(=O)C1=C(C)N=c2s/c(=C/c3ccc(OCc4ccccc4C#N)cc3)c(=O)n2[C@H]1c1cc(OC)c(OC)c(OC)c1. The van der Waals surface area contributed by atoms with E-state index in [0.717, 1.165) is 11.1 Å². The average Bonchev–Trinajstić information content (AvgIpc) is 3.36. The lowest BCUT2D eigenvalue weighted by Gasteiger charge is -2.26. The minimum absolute atomic E-state index is 0.159. The van der Waals surface area contributed by atoms with Crippen molar-refractivity contribution < 1.29 is 28.5 Å². The van der Waals surface area contributed by atoms with E-state index < -0.39 is 12.0 Å². The van der Waals surface area contributed by atoms with Gasteiger partial charge < -0.3 is 23.7 Å². The molecule has 0 unspecified atom stereocenters. The molecule has 11 heteroatoms. The average molecular weight is 626 g/mol. The van der Waals surface area contributed by atoms with Gasteiger partial charge in [0.05, 0.1) is 61.4 Å². The molecule has 0 bridgehead atoms. The molecule has 2 heterocycles. The fourth-order valence-electron chi connectivity index (χ4n) is 5.09. The van der Waals surface area contributed by atoms with E-state index in [0.29, 0.717) is 49.2 Å². The Balaban J connectivity index is 1.56. The van der Waals surface area contributed by atoms with Gasteiger partial charge in [0, 0.05) is 5.56 Å². The zero-order chi connectivity index (χ0) is 32.1. The van der Waals surface area contributed by atoms with Gasteiger partial charge in [-0.05, 0) is 61.4 Å². The molecular formula is C34H31N3O7S. The van der Waals surface area contributed by atoms with Crippen LogP contribution in [0.5, 0.6) is 23.0 Å². The quantitative estimate of drug-likeness (QED) is 0.240. The molecule has 5 rings (SSSR count). The highest BCUT2D eigenvalue weighted by Crippen LogP contribution is 2.42. The lowest BCUT2D eigenvalue weighted by Crippen LogP contribution is -2.40. The van der Waals surface area contributed by atoms with Crippen LogP contribution >= 0.6 is 11.3 Å². The maximum atomic E-state index is 14.0. The molecule has 45 heavy (non-hydrogen) atoms. The number of nitriles is 1. The molecule has 0 radical (unpaired) electrons. The molecule has 1 aliphatic rings. The Kier molecular flexibility index (Phi) is 9.35. The van der Waals surface area contributed by atoms with Crippen LogP contribution in [0.4, 0.5) is 0 Å². The number of carbonyl (C=O) groups excluding carboxylic acids is 1. The van der Waals surface area contributed by atoms with Gasteiger partial charge >= 0.3 is 5.97 Å². The fraction of sp³-hybridized carbons (Fsp3) is 0.235. The van der Waals surface area contributed by atoms with Crippen LogP contribution in [0, 0.1) is 11.3 Å². The Morgan fingerprint density at radius 1 is 1.04 bits per heavy atom. The molecule has 0 amide bonds. The highest BCUT2D eigenvalue weighted by atomic mass is 32.1. The number of thiazole rings is 1. The van der Waals surface area contributed by atoms with Crippen LogP contribution in [-0.2, 0) is 16.1 Å². The normalized spacial score (nSPS) is 14.2. The van der Waals surface area contributed by atoms with Crippen molar-refractivity contribution in [2.45, 2.75) is 26.5 Å². The predicted octanol–water partition coefficient (Wildman–Crippen LogP) is 4.27. The molecule has 0 fully saturated rings. The van der Waals surface area contributed by atoms with Crippen LogP contribution in [-0.4, -0.2) is 38.5 Å². The van der Waals surface area contributed by atoms with Crippen LogP contribution in [0.3, 0.4) is 0 Å². The van der Waals surface area contributed by atoms with E-state index in [2.05, 4.69) is 11.1 Å². The number of ether oxygens (including phenoxy) is 5. The topological polar surface area (TPSA) is 121 Å². The molecule has 1 atom stereocenters. The predicted molar refractivity (Wildman–Crippen MR) is 168 cm³/mol. The summed E-state index contributed by atoms with van der Waals surface area (Å²) in [5, 5.41) is 9.32. The van der Waals surface area contributed by atoms with Crippen molar-refractivity contribution in [3.05, 3.63) is 114 Å². The summed E-state index contributed by atoms with van der Waals surface area (Å²) in [5.74, 6) is 1.20. The Labute approximate surface area is 263 Å². The highest BCUT2D eigenvalue weighted by molar-refractivity contribution is 7.07. The first kappa shape index (κ1) is 31.1. The van der Waals surface area contributed by atoms with E-state index in [1.54, 1.807) is 50.3 Å². The number of esters is 1. The van der Waals surface area contributed by atoms with Crippen molar-refractivity contribution in [2.75, 3.05) is 27.9 Å². The van der Waals surface area contributed by atoms with Crippen molar-refractivity contribution in [3.63, 3.8) is 0 Å². The second-order valence-electron chi connectivity index (χ2n) is 9.89. The number of hydrogen-bond donors (Lipinski definition) is 0. The zero-order valence-electron chi connectivity index (χ0n) is 25.5. The maximum Gasteiger partial charge on any atom is 0.338 e. The molecule has 0 spiro atoms. The summed E-state index contributed by atoms with van der Waals surface area (Å²) in [4.78, 5) is 32.4. The first-order chi connectivity index (χ1) is 21.8. The molecule has 0 saturated carbocycles. The second-order valence-corrected chi connectivity index (χ2v) is 10.9. The Morgan fingerprint density at radius 2 is 1.73 bits per heavy atom. The van der Waals surface area contributed by atoms with Crippen molar-refractivity contribution in [1.29, 1.82) is 5.26 Å². The summed E-state index contributed by atoms with van der Waals surface area (Å²) in [5.41, 5.74) is 3.06. The largest absolute Gasteiger partial charge is 0.493 e. The fourth-order valence-corrected chi connectivity index (χ4v) is 6.14. The first-order valence-corrected chi connectivity index (χ1v) is 14.9. The number of carbonyl (C=O) groups is 1. The molecule has 1 aromatic heterocycles. The molecule has 3 aromatic carbocycles. The van der Waals surface area contributed by atoms with Crippen LogP contribution in [0.15, 0.2) is 81.7 Å². The van der Waals surface area contributed by atoms with Crippen molar-refractivity contribution >= 4 is 23.4 Å². The summed E-state index contributed by atoms with van der Waals surface area (Å²) < 4.78 is 29.9. The summed E-state index contributed by atoms with van der Waals surface area (Å²) >= 11 is 1.22. The van der Waals surface area contributed by atoms with Gasteiger partial charge in [0.1, 0.15) is 12.4 Å². The Bertz CT molecular complexity index is 1980. The third-order valence-electron chi connectivity index (χ3n) is 7.23. The third kappa shape index (κ3) is 6.18. The highest BCUT2D eigenvalue weighted by Gasteiger charge is 2.34. The standard InChI is InChI=1S/C34H31N3O7S/c1-6-43-33(39)29-20(2)36-34-37(30(29)24-16-26(40-3)31(42-5)27(17-24)41-4)32(38)28(45-34)15-21-11-13-25(14-12-21)44-19-23-10-8-7-9-22(23)18-35/h7-17,30H,6,19H2,1-5H3/b28-15+/t30-/m0/s1. The van der Waals surface area contributed by atoms with Gasteiger partial charge in [0.2, 0.25) is 5.75 Å². The molecule has 0 N–H and O–H groups in total. The molecule has 1 aliphatic heterocycles. The summed E-state index contributed by atoms with van der Waals surface area (Å²) in [7, 11) is 4.51. The summed E-state index contributed by atoms with van der Waals surface area (Å²) in [6, 6.07) is 19.3. The number of rotatable bonds is 10. The number of aromatic nitrogens is 1. The van der Waals surface area contributed by atoms with Crippen LogP contribution in [0.25, 0.3) is 6.08 Å². The minimum atomic E-state index is -0.858. The van der Waals surface area contributed by atoms with Crippen LogP contribution in [0.2, 0.25) is 0 Å². The molecule has 4 aromatic rings. The van der Waals surface area contributed by atoms with Gasteiger partial charge in [-0.2, -0.15) is 5.26 Å². The lowest BCUT2D eigenvalue weighted by atomic mass is 9.95. The zero-order valence-corrected chi connectivity index (χ0v) is 26.3. The smallest absolute Gasteiger partial charge is 0.338 e. The molecule has 230 valence electrons. The van der Waals surface area contributed by atoms with Gasteiger partial charge in [0.15, 0.2) is 16.3 Å². The van der Waals surface area contributed by atoms with Gasteiger partial charge in [0.25, 0.3) is 5.56 Å². The maximum absolute atomic E-state index is 14.0. The number of hydrogen-bond acceptors (Lipinski definition) is 10. The number of methoxy groups -OCH3 is 3. The third-order valence-corrected chi connectivity index (χ3v) is 8.21. The first-order valence-electron chi connectivity index (χ1n) is 14.0. The summed E-state index contributed by atoms with van der Waals surface area (Å²) in [6.45, 7) is 3.86. The molecular weight excluding hydrogens is 594 g/mol. The van der Waals surface area contributed by atoms with E-state index in [9.17, 15) is 14.9 Å². The van der Waals surface area contributed by atoms with Gasteiger partial charge in [-0.1, -0.05) is 41.7 Å². The van der Waals surface area contributed by atoms with Crippen LogP contribution < -0.4 is 33.8 Å². The molecule has 0 saturated heterocycles. The van der Waals surface area contributed by atoms with Crippen molar-refractivity contribution in [1.82, 2.24) is 4.57 Å². The number of fused-ring (bicyclic) bond motifs is 1. The molecule has 10 nitrogen and oxygen atoms in total. The van der Waals surface area contributed by atoms with E-state index in [4.69, 9.17) is 23.7 Å². The molecule has 0 aliphatic carbocycles. The summed E-state index contributed by atoms with van der Waals surface area (Å²) in [6.07, 6.45) is 1.77. The van der Waals surface area contributed by atoms with Crippen molar-refractivity contribution in [3.8, 4) is 29.1 Å². The number of benzene rings is 3. The Hall–Kier alpha value is -5.34. The Morgan fingerprint density at radius 3 is 2.36 bits per heavy atom. The number of allylic oxidation sites excluding steroid dienone is 1. The van der Waals surface area contributed by atoms with E-state index in [1.165, 1.54) is 37.2 Å². The van der Waals surface area contributed by atoms with Crippen molar-refractivity contribution in [2.24, 2.45) is 4.99 Å². The monoisotopic (exact) mass is 625 g/mol. The number of nitrogens with zero attached hydrogens (tertiary/aromatic N) is 3. The lowest BCUT2D eigenvalue weighted by molar-refractivity contribution is -0.139. The second kappa shape index (κ2) is 13.5. The van der Waals surface area contributed by atoms with Gasteiger partial charge in [-0.15, -0.1) is 0 Å².